The number of methoxy groups -OCH3 is 1. The molecule has 0 radical (unpaired) electrons. The SMILES string of the molecule is CO[C@H]1C[C@H](C(=O)NC[C@H]2CC[C@@H](C)C2)N(S(C)(=O)=O)C1. The van der Waals surface area contributed by atoms with Crippen LogP contribution in [-0.4, -0.2) is 57.2 Å². The van der Waals surface area contributed by atoms with Crippen molar-refractivity contribution in [3.8, 4) is 0 Å². The van der Waals surface area contributed by atoms with Gasteiger partial charge in [0.15, 0.2) is 0 Å². The van der Waals surface area contributed by atoms with Gasteiger partial charge in [-0.3, -0.25) is 4.79 Å². The van der Waals surface area contributed by atoms with Crippen LogP contribution in [0.5, 0.6) is 0 Å². The lowest BCUT2D eigenvalue weighted by Gasteiger charge is -2.21. The standard InChI is InChI=1S/C14H26N2O4S/c1-10-4-5-11(6-10)8-15-14(17)13-7-12(20-2)9-16(13)21(3,18)19/h10-13H,4-9H2,1-3H3,(H,15,17)/t10-,11+,12+,13-/m1/s1. The number of carbonyl (C=O) groups is 1. The summed E-state index contributed by atoms with van der Waals surface area (Å²) in [6, 6.07) is -0.635. The van der Waals surface area contributed by atoms with Gasteiger partial charge in [-0.2, -0.15) is 4.31 Å². The van der Waals surface area contributed by atoms with Gasteiger partial charge in [-0.05, 0) is 24.7 Å². The average Bonchev–Trinajstić information content (AvgIpc) is 3.01. The predicted octanol–water partition coefficient (Wildman–Crippen LogP) is 0.588. The van der Waals surface area contributed by atoms with Gasteiger partial charge in [-0.25, -0.2) is 8.42 Å². The minimum atomic E-state index is -3.39. The third-order valence-corrected chi connectivity index (χ3v) is 5.90. The molecule has 1 N–H and O–H groups in total. The molecule has 0 spiro atoms. The Kier molecular flexibility index (Phi) is 5.27. The van der Waals surface area contributed by atoms with Crippen LogP contribution in [0.15, 0.2) is 0 Å². The highest BCUT2D eigenvalue weighted by Gasteiger charge is 2.41. The summed E-state index contributed by atoms with van der Waals surface area (Å²) in [5.41, 5.74) is 0. The van der Waals surface area contributed by atoms with E-state index in [1.54, 1.807) is 7.11 Å². The first-order valence-electron chi connectivity index (χ1n) is 7.58. The van der Waals surface area contributed by atoms with Gasteiger partial charge in [-0.15, -0.1) is 0 Å². The van der Waals surface area contributed by atoms with Crippen LogP contribution in [0.2, 0.25) is 0 Å². The first kappa shape index (κ1) is 16.7. The summed E-state index contributed by atoms with van der Waals surface area (Å²) < 4.78 is 30.1. The third kappa shape index (κ3) is 4.17. The zero-order valence-electron chi connectivity index (χ0n) is 13.0. The second-order valence-electron chi connectivity index (χ2n) is 6.47. The molecule has 0 aromatic heterocycles. The lowest BCUT2D eigenvalue weighted by Crippen LogP contribution is -2.46. The van der Waals surface area contributed by atoms with Crippen molar-refractivity contribution in [1.82, 2.24) is 9.62 Å². The Morgan fingerprint density at radius 2 is 2.05 bits per heavy atom. The molecule has 2 rings (SSSR count). The molecule has 2 aliphatic rings. The summed E-state index contributed by atoms with van der Waals surface area (Å²) in [7, 11) is -1.85. The van der Waals surface area contributed by atoms with Gasteiger partial charge >= 0.3 is 0 Å². The van der Waals surface area contributed by atoms with Crippen LogP contribution in [0.4, 0.5) is 0 Å². The van der Waals surface area contributed by atoms with E-state index in [2.05, 4.69) is 12.2 Å². The first-order valence-corrected chi connectivity index (χ1v) is 9.43. The average molecular weight is 318 g/mol. The van der Waals surface area contributed by atoms with E-state index >= 15 is 0 Å². The quantitative estimate of drug-likeness (QED) is 0.805. The Bertz CT molecular complexity index is 479. The Labute approximate surface area is 127 Å². The van der Waals surface area contributed by atoms with Crippen LogP contribution < -0.4 is 5.32 Å². The molecule has 1 amide bonds. The van der Waals surface area contributed by atoms with E-state index in [9.17, 15) is 13.2 Å². The topological polar surface area (TPSA) is 75.7 Å². The lowest BCUT2D eigenvalue weighted by molar-refractivity contribution is -0.124. The van der Waals surface area contributed by atoms with Crippen LogP contribution in [0, 0.1) is 11.8 Å². The van der Waals surface area contributed by atoms with E-state index in [-0.39, 0.29) is 18.6 Å². The molecule has 4 atom stereocenters. The van der Waals surface area contributed by atoms with Gasteiger partial charge < -0.3 is 10.1 Å². The van der Waals surface area contributed by atoms with Crippen molar-refractivity contribution in [2.45, 2.75) is 44.8 Å². The monoisotopic (exact) mass is 318 g/mol. The fraction of sp³-hybridized carbons (Fsp3) is 0.929. The molecule has 7 heteroatoms. The van der Waals surface area contributed by atoms with E-state index in [1.165, 1.54) is 10.7 Å². The van der Waals surface area contributed by atoms with E-state index in [4.69, 9.17) is 4.74 Å². The zero-order valence-corrected chi connectivity index (χ0v) is 13.9. The smallest absolute Gasteiger partial charge is 0.238 e. The van der Waals surface area contributed by atoms with Gasteiger partial charge in [-0.1, -0.05) is 13.3 Å². The minimum Gasteiger partial charge on any atom is -0.380 e. The van der Waals surface area contributed by atoms with Crippen LogP contribution in [0.3, 0.4) is 0 Å². The summed E-state index contributed by atoms with van der Waals surface area (Å²) in [5, 5.41) is 2.93. The summed E-state index contributed by atoms with van der Waals surface area (Å²) >= 11 is 0. The van der Waals surface area contributed by atoms with Crippen LogP contribution >= 0.6 is 0 Å². The second-order valence-corrected chi connectivity index (χ2v) is 8.41. The maximum Gasteiger partial charge on any atom is 0.238 e. The van der Waals surface area contributed by atoms with Gasteiger partial charge in [0.25, 0.3) is 0 Å². The maximum absolute atomic E-state index is 12.3. The Morgan fingerprint density at radius 3 is 2.57 bits per heavy atom. The van der Waals surface area contributed by atoms with Crippen molar-refractivity contribution in [3.63, 3.8) is 0 Å². The number of carbonyl (C=O) groups excluding carboxylic acids is 1. The highest BCUT2D eigenvalue weighted by atomic mass is 32.2. The van der Waals surface area contributed by atoms with Crippen LogP contribution in [0.25, 0.3) is 0 Å². The van der Waals surface area contributed by atoms with Gasteiger partial charge in [0, 0.05) is 26.6 Å². The number of nitrogens with one attached hydrogen (secondary N) is 1. The van der Waals surface area contributed by atoms with E-state index in [0.717, 1.165) is 25.0 Å². The summed E-state index contributed by atoms with van der Waals surface area (Å²) in [5.74, 6) is 1.05. The van der Waals surface area contributed by atoms with Crippen LogP contribution in [0.1, 0.15) is 32.6 Å². The normalized spacial score (nSPS) is 34.2. The molecule has 1 heterocycles. The summed E-state index contributed by atoms with van der Waals surface area (Å²) in [6.45, 7) is 3.14. The van der Waals surface area contributed by atoms with E-state index in [0.29, 0.717) is 18.9 Å². The molecule has 1 saturated carbocycles. The summed E-state index contributed by atoms with van der Waals surface area (Å²) in [4.78, 5) is 12.3. The Balaban J connectivity index is 1.93. The Hall–Kier alpha value is -0.660. The van der Waals surface area contributed by atoms with E-state index in [1.807, 2.05) is 0 Å². The molecular formula is C14H26N2O4S. The van der Waals surface area contributed by atoms with Crippen molar-refractivity contribution in [2.75, 3.05) is 26.5 Å². The molecule has 6 nitrogen and oxygen atoms in total. The molecular weight excluding hydrogens is 292 g/mol. The molecule has 0 bridgehead atoms. The number of nitrogens with zero attached hydrogens (tertiary/aromatic N) is 1. The Morgan fingerprint density at radius 1 is 1.33 bits per heavy atom. The number of rotatable bonds is 5. The molecule has 0 aromatic rings. The minimum absolute atomic E-state index is 0.195. The van der Waals surface area contributed by atoms with Crippen LogP contribution in [-0.2, 0) is 19.6 Å². The number of hydrogen-bond donors (Lipinski definition) is 1. The number of hydrogen-bond acceptors (Lipinski definition) is 4. The molecule has 0 aromatic carbocycles. The molecule has 2 fully saturated rings. The van der Waals surface area contributed by atoms with Gasteiger partial charge in [0.1, 0.15) is 6.04 Å². The maximum atomic E-state index is 12.3. The van der Waals surface area contributed by atoms with Crippen molar-refractivity contribution < 1.29 is 17.9 Å². The highest BCUT2D eigenvalue weighted by molar-refractivity contribution is 7.88. The van der Waals surface area contributed by atoms with Gasteiger partial charge in [0.2, 0.25) is 15.9 Å². The van der Waals surface area contributed by atoms with E-state index < -0.39 is 16.1 Å². The first-order chi connectivity index (χ1) is 9.81. The van der Waals surface area contributed by atoms with Crippen molar-refractivity contribution in [3.05, 3.63) is 0 Å². The molecule has 1 aliphatic carbocycles. The van der Waals surface area contributed by atoms with Crippen molar-refractivity contribution >= 4 is 15.9 Å². The fourth-order valence-electron chi connectivity index (χ4n) is 3.42. The van der Waals surface area contributed by atoms with Crippen molar-refractivity contribution in [2.24, 2.45) is 11.8 Å². The zero-order chi connectivity index (χ0) is 15.6. The number of sulfonamides is 1. The fourth-order valence-corrected chi connectivity index (χ4v) is 4.50. The molecule has 0 unspecified atom stereocenters. The molecule has 21 heavy (non-hydrogen) atoms. The van der Waals surface area contributed by atoms with Gasteiger partial charge in [0.05, 0.1) is 12.4 Å². The number of ether oxygens (including phenoxy) is 1. The van der Waals surface area contributed by atoms with Crippen molar-refractivity contribution in [1.29, 1.82) is 0 Å². The predicted molar refractivity (Wildman–Crippen MR) is 80.3 cm³/mol. The lowest BCUT2D eigenvalue weighted by atomic mass is 10.1. The molecule has 122 valence electrons. The summed E-state index contributed by atoms with van der Waals surface area (Å²) in [6.07, 6.45) is 4.86. The number of amides is 1. The molecule has 1 aliphatic heterocycles. The second kappa shape index (κ2) is 6.62. The highest BCUT2D eigenvalue weighted by Crippen LogP contribution is 2.30. The third-order valence-electron chi connectivity index (χ3n) is 4.65. The molecule has 1 saturated heterocycles. The largest absolute Gasteiger partial charge is 0.380 e.